The van der Waals surface area contributed by atoms with E-state index in [-0.39, 0.29) is 0 Å². The summed E-state index contributed by atoms with van der Waals surface area (Å²) in [5, 5.41) is 0. The zero-order chi connectivity index (χ0) is 16.7. The lowest BCUT2D eigenvalue weighted by Gasteiger charge is -2.07. The fourth-order valence-corrected chi connectivity index (χ4v) is 2.58. The van der Waals surface area contributed by atoms with Crippen molar-refractivity contribution in [2.75, 3.05) is 0 Å². The molecule has 0 N–H and O–H groups in total. The van der Waals surface area contributed by atoms with Gasteiger partial charge in [0.2, 0.25) is 0 Å². The number of allylic oxidation sites excluding steroid dienone is 5. The molecule has 0 aliphatic heterocycles. The van der Waals surface area contributed by atoms with Crippen LogP contribution in [0, 0.1) is 0 Å². The van der Waals surface area contributed by atoms with Crippen LogP contribution in [-0.2, 0) is 6.42 Å². The van der Waals surface area contributed by atoms with E-state index in [1.807, 2.05) is 31.2 Å². The molecule has 0 amide bonds. The molecule has 2 rings (SSSR count). The summed E-state index contributed by atoms with van der Waals surface area (Å²) < 4.78 is 13.1. The Bertz CT molecular complexity index is 701. The van der Waals surface area contributed by atoms with Crippen molar-refractivity contribution in [1.29, 1.82) is 0 Å². The van der Waals surface area contributed by atoms with E-state index in [1.165, 1.54) is 17.2 Å². The molecule has 0 heterocycles. The Balaban J connectivity index is 2.26. The van der Waals surface area contributed by atoms with E-state index in [0.717, 1.165) is 29.5 Å². The summed E-state index contributed by atoms with van der Waals surface area (Å²) in [6.45, 7) is 7.42. The predicted octanol–water partition coefficient (Wildman–Crippen LogP) is 6.75. The van der Waals surface area contributed by atoms with Crippen molar-refractivity contribution < 1.29 is 4.39 Å². The Morgan fingerprint density at radius 1 is 1.00 bits per heavy atom. The van der Waals surface area contributed by atoms with Crippen molar-refractivity contribution in [2.24, 2.45) is 0 Å². The van der Waals surface area contributed by atoms with E-state index in [1.54, 1.807) is 0 Å². The third kappa shape index (κ3) is 4.79. The highest BCUT2D eigenvalue weighted by Crippen LogP contribution is 2.24. The minimum Gasteiger partial charge on any atom is -0.208 e. The molecular formula is C22H23F. The smallest absolute Gasteiger partial charge is 0.116 e. The molecular weight excluding hydrogens is 283 g/mol. The lowest BCUT2D eigenvalue weighted by atomic mass is 9.98. The van der Waals surface area contributed by atoms with Crippen LogP contribution in [0.3, 0.4) is 0 Å². The quantitative estimate of drug-likeness (QED) is 0.518. The molecule has 0 aromatic heterocycles. The molecule has 0 aliphatic rings. The van der Waals surface area contributed by atoms with Crippen molar-refractivity contribution in [3.63, 3.8) is 0 Å². The zero-order valence-electron chi connectivity index (χ0n) is 13.9. The molecule has 23 heavy (non-hydrogen) atoms. The summed E-state index contributed by atoms with van der Waals surface area (Å²) >= 11 is 0. The number of aryl methyl sites for hydroxylation is 1. The van der Waals surface area contributed by atoms with Crippen LogP contribution >= 0.6 is 0 Å². The minimum absolute atomic E-state index is 0.436. The van der Waals surface area contributed by atoms with Crippen LogP contribution in [0.5, 0.6) is 0 Å². The summed E-state index contributed by atoms with van der Waals surface area (Å²) in [4.78, 5) is 0. The highest BCUT2D eigenvalue weighted by atomic mass is 19.1. The second-order valence-electron chi connectivity index (χ2n) is 5.57. The van der Waals surface area contributed by atoms with Gasteiger partial charge in [-0.25, -0.2) is 4.39 Å². The molecule has 2 aromatic rings. The minimum atomic E-state index is -0.436. The maximum Gasteiger partial charge on any atom is 0.116 e. The molecule has 0 atom stereocenters. The van der Waals surface area contributed by atoms with Gasteiger partial charge in [0, 0.05) is 0 Å². The third-order valence-corrected chi connectivity index (χ3v) is 3.70. The van der Waals surface area contributed by atoms with Crippen molar-refractivity contribution in [1.82, 2.24) is 0 Å². The molecule has 0 saturated carbocycles. The Kier molecular flexibility index (Phi) is 6.10. The van der Waals surface area contributed by atoms with Gasteiger partial charge in [-0.05, 0) is 47.2 Å². The molecule has 0 fully saturated rings. The van der Waals surface area contributed by atoms with Gasteiger partial charge in [0.05, 0.1) is 0 Å². The molecule has 0 aliphatic carbocycles. The maximum atomic E-state index is 13.1. The fourth-order valence-electron chi connectivity index (χ4n) is 2.58. The van der Waals surface area contributed by atoms with E-state index in [4.69, 9.17) is 0 Å². The Morgan fingerprint density at radius 2 is 1.57 bits per heavy atom. The standard InChI is InChI=1S/C22H23F/c1-4-6-18-8-10-19(11-9-18)20-12-14-21(15-13-20)22(7-5-2)16-17(3)23/h5,7-16H,3-4,6H2,1-2H3/b7-5?,22-16+. The molecule has 1 heteroatoms. The number of rotatable bonds is 6. The largest absolute Gasteiger partial charge is 0.208 e. The van der Waals surface area contributed by atoms with E-state index in [2.05, 4.69) is 49.9 Å². The van der Waals surface area contributed by atoms with Crippen LogP contribution in [-0.4, -0.2) is 0 Å². The molecule has 118 valence electrons. The first-order chi connectivity index (χ1) is 11.1. The SMILES string of the molecule is C=C(F)/C=C(\C=CC)c1ccc(-c2ccc(CCC)cc2)cc1. The second kappa shape index (κ2) is 8.28. The van der Waals surface area contributed by atoms with Gasteiger partial charge in [-0.2, -0.15) is 0 Å². The highest BCUT2D eigenvalue weighted by molar-refractivity contribution is 5.77. The number of benzene rings is 2. The van der Waals surface area contributed by atoms with Crippen LogP contribution in [0.1, 0.15) is 31.4 Å². The van der Waals surface area contributed by atoms with Gasteiger partial charge < -0.3 is 0 Å². The Labute approximate surface area is 138 Å². The average molecular weight is 306 g/mol. The first kappa shape index (κ1) is 17.0. The van der Waals surface area contributed by atoms with Crippen LogP contribution in [0.25, 0.3) is 16.7 Å². The molecule has 0 nitrogen and oxygen atoms in total. The van der Waals surface area contributed by atoms with E-state index in [9.17, 15) is 4.39 Å². The van der Waals surface area contributed by atoms with E-state index >= 15 is 0 Å². The van der Waals surface area contributed by atoms with Crippen molar-refractivity contribution in [3.8, 4) is 11.1 Å². The molecule has 0 saturated heterocycles. The van der Waals surface area contributed by atoms with Crippen LogP contribution in [0.15, 0.2) is 79.2 Å². The predicted molar refractivity (Wildman–Crippen MR) is 98.9 cm³/mol. The number of halogens is 1. The van der Waals surface area contributed by atoms with Gasteiger partial charge in [-0.1, -0.05) is 80.6 Å². The molecule has 0 unspecified atom stereocenters. The summed E-state index contributed by atoms with van der Waals surface area (Å²) in [5.74, 6) is -0.436. The average Bonchev–Trinajstić information content (AvgIpc) is 2.55. The third-order valence-electron chi connectivity index (χ3n) is 3.70. The summed E-state index contributed by atoms with van der Waals surface area (Å²) in [6, 6.07) is 16.9. The lowest BCUT2D eigenvalue weighted by molar-refractivity contribution is 0.672. The molecule has 2 aromatic carbocycles. The second-order valence-corrected chi connectivity index (χ2v) is 5.57. The summed E-state index contributed by atoms with van der Waals surface area (Å²) in [6.07, 6.45) is 7.51. The number of hydrogen-bond acceptors (Lipinski definition) is 0. The van der Waals surface area contributed by atoms with Gasteiger partial charge in [0.15, 0.2) is 0 Å². The van der Waals surface area contributed by atoms with Crippen molar-refractivity contribution in [2.45, 2.75) is 26.7 Å². The summed E-state index contributed by atoms with van der Waals surface area (Å²) in [5.41, 5.74) is 5.53. The van der Waals surface area contributed by atoms with Gasteiger partial charge in [-0.3, -0.25) is 0 Å². The highest BCUT2D eigenvalue weighted by Gasteiger charge is 2.02. The maximum absolute atomic E-state index is 13.1. The topological polar surface area (TPSA) is 0 Å². The van der Waals surface area contributed by atoms with Crippen LogP contribution < -0.4 is 0 Å². The molecule has 0 bridgehead atoms. The van der Waals surface area contributed by atoms with E-state index in [0.29, 0.717) is 0 Å². The Hall–Kier alpha value is -2.41. The monoisotopic (exact) mass is 306 g/mol. The lowest BCUT2D eigenvalue weighted by Crippen LogP contribution is -1.85. The van der Waals surface area contributed by atoms with Crippen LogP contribution in [0.4, 0.5) is 4.39 Å². The molecule has 0 radical (unpaired) electrons. The first-order valence-corrected chi connectivity index (χ1v) is 8.02. The summed E-state index contributed by atoms with van der Waals surface area (Å²) in [7, 11) is 0. The fraction of sp³-hybridized carbons (Fsp3) is 0.182. The normalized spacial score (nSPS) is 11.9. The van der Waals surface area contributed by atoms with Gasteiger partial charge in [0.1, 0.15) is 5.83 Å². The molecule has 0 spiro atoms. The first-order valence-electron chi connectivity index (χ1n) is 8.02. The van der Waals surface area contributed by atoms with Crippen LogP contribution in [0.2, 0.25) is 0 Å². The van der Waals surface area contributed by atoms with Gasteiger partial charge in [-0.15, -0.1) is 0 Å². The van der Waals surface area contributed by atoms with Crippen molar-refractivity contribution >= 4 is 5.57 Å². The van der Waals surface area contributed by atoms with Gasteiger partial charge in [0.25, 0.3) is 0 Å². The van der Waals surface area contributed by atoms with Crippen molar-refractivity contribution in [3.05, 3.63) is 90.3 Å². The van der Waals surface area contributed by atoms with E-state index < -0.39 is 5.83 Å². The zero-order valence-corrected chi connectivity index (χ0v) is 13.9. The van der Waals surface area contributed by atoms with Gasteiger partial charge >= 0.3 is 0 Å². The number of hydrogen-bond donors (Lipinski definition) is 0. The Morgan fingerprint density at radius 3 is 2.04 bits per heavy atom.